The van der Waals surface area contributed by atoms with Crippen LogP contribution in [0.1, 0.15) is 37.9 Å². The molecule has 0 bridgehead atoms. The highest BCUT2D eigenvalue weighted by atomic mass is 32.1. The van der Waals surface area contributed by atoms with Crippen molar-refractivity contribution in [3.63, 3.8) is 0 Å². The fourth-order valence-corrected chi connectivity index (χ4v) is 5.16. The zero-order valence-electron chi connectivity index (χ0n) is 19.7. The molecule has 0 aliphatic carbocycles. The number of methoxy groups -OCH3 is 1. The van der Waals surface area contributed by atoms with Gasteiger partial charge in [0.2, 0.25) is 6.79 Å². The molecule has 8 nitrogen and oxygen atoms in total. The van der Waals surface area contributed by atoms with E-state index in [4.69, 9.17) is 18.9 Å². The number of allylic oxidation sites excluding steroid dienone is 1. The largest absolute Gasteiger partial charge is 0.497 e. The van der Waals surface area contributed by atoms with Crippen LogP contribution in [-0.2, 0) is 9.53 Å². The SMILES string of the molecule is COc1ccc(C2C(C(=O)OC(C)C)=C(C)N=c3s/c(=C\c4ccc5c(c4)OCO5)c(=O)n32)cc1. The molecule has 1 unspecified atom stereocenters. The molecule has 35 heavy (non-hydrogen) atoms. The lowest BCUT2D eigenvalue weighted by Gasteiger charge is -2.25. The monoisotopic (exact) mass is 492 g/mol. The molecule has 0 N–H and O–H groups in total. The van der Waals surface area contributed by atoms with Gasteiger partial charge in [-0.3, -0.25) is 9.36 Å². The van der Waals surface area contributed by atoms with Crippen LogP contribution in [0.5, 0.6) is 17.2 Å². The first kappa shape index (κ1) is 22.9. The average Bonchev–Trinajstić information content (AvgIpc) is 3.41. The molecule has 0 amide bonds. The number of ether oxygens (including phenoxy) is 4. The summed E-state index contributed by atoms with van der Waals surface area (Å²) in [7, 11) is 1.59. The van der Waals surface area contributed by atoms with Gasteiger partial charge in [0.1, 0.15) is 5.75 Å². The van der Waals surface area contributed by atoms with Gasteiger partial charge in [0, 0.05) is 0 Å². The first-order valence-electron chi connectivity index (χ1n) is 11.1. The van der Waals surface area contributed by atoms with E-state index in [1.54, 1.807) is 50.7 Å². The van der Waals surface area contributed by atoms with Crippen LogP contribution < -0.4 is 29.1 Å². The first-order chi connectivity index (χ1) is 16.9. The Labute approximate surface area is 205 Å². The number of thiazole rings is 1. The molecule has 0 radical (unpaired) electrons. The lowest BCUT2D eigenvalue weighted by molar-refractivity contribution is -0.143. The van der Waals surface area contributed by atoms with E-state index in [1.165, 1.54) is 11.3 Å². The Balaban J connectivity index is 1.67. The van der Waals surface area contributed by atoms with Gasteiger partial charge >= 0.3 is 5.97 Å². The van der Waals surface area contributed by atoms with Gasteiger partial charge < -0.3 is 18.9 Å². The third-order valence-corrected chi connectivity index (χ3v) is 6.69. The molecule has 2 aromatic carbocycles. The molecular formula is C26H24N2O6S. The summed E-state index contributed by atoms with van der Waals surface area (Å²) in [5.41, 5.74) is 2.18. The first-order valence-corrected chi connectivity index (χ1v) is 11.9. The number of benzene rings is 2. The molecule has 9 heteroatoms. The minimum absolute atomic E-state index is 0.178. The molecule has 0 spiro atoms. The minimum Gasteiger partial charge on any atom is -0.497 e. The van der Waals surface area contributed by atoms with Gasteiger partial charge in [0.15, 0.2) is 16.3 Å². The fourth-order valence-electron chi connectivity index (χ4n) is 4.12. The van der Waals surface area contributed by atoms with E-state index < -0.39 is 12.0 Å². The molecule has 1 aromatic heterocycles. The zero-order chi connectivity index (χ0) is 24.7. The maximum Gasteiger partial charge on any atom is 0.338 e. The number of carbonyl (C=O) groups is 1. The highest BCUT2D eigenvalue weighted by Gasteiger charge is 2.33. The average molecular weight is 493 g/mol. The molecule has 3 heterocycles. The topological polar surface area (TPSA) is 88.4 Å². The third kappa shape index (κ3) is 4.23. The number of hydrogen-bond acceptors (Lipinski definition) is 8. The van der Waals surface area contributed by atoms with Crippen molar-refractivity contribution in [3.05, 3.63) is 84.5 Å². The predicted octanol–water partition coefficient (Wildman–Crippen LogP) is 2.92. The number of carbonyl (C=O) groups excluding carboxylic acids is 1. The van der Waals surface area contributed by atoms with E-state index in [1.807, 2.05) is 30.3 Å². The molecule has 0 saturated carbocycles. The number of aromatic nitrogens is 1. The number of nitrogens with zero attached hydrogens (tertiary/aromatic N) is 2. The number of fused-ring (bicyclic) bond motifs is 2. The summed E-state index contributed by atoms with van der Waals surface area (Å²) in [5, 5.41) is 0. The standard InChI is InChI=1S/C26H24N2O6S/c1-14(2)34-25(30)22-15(3)27-26-28(23(22)17-6-8-18(31-4)9-7-17)24(29)21(35-26)12-16-5-10-19-20(11-16)33-13-32-19/h5-12,14,23H,13H2,1-4H3/b21-12-. The highest BCUT2D eigenvalue weighted by molar-refractivity contribution is 7.07. The van der Waals surface area contributed by atoms with Gasteiger partial charge in [-0.15, -0.1) is 0 Å². The quantitative estimate of drug-likeness (QED) is 0.509. The van der Waals surface area contributed by atoms with E-state index in [9.17, 15) is 9.59 Å². The fraction of sp³-hybridized carbons (Fsp3) is 0.269. The Kier molecular flexibility index (Phi) is 5.94. The number of hydrogen-bond donors (Lipinski definition) is 0. The van der Waals surface area contributed by atoms with Gasteiger partial charge in [-0.25, -0.2) is 9.79 Å². The van der Waals surface area contributed by atoms with Crippen molar-refractivity contribution in [2.24, 2.45) is 4.99 Å². The second-order valence-electron chi connectivity index (χ2n) is 8.42. The highest BCUT2D eigenvalue weighted by Crippen LogP contribution is 2.33. The summed E-state index contributed by atoms with van der Waals surface area (Å²) in [5.74, 6) is 1.49. The van der Waals surface area contributed by atoms with E-state index >= 15 is 0 Å². The van der Waals surface area contributed by atoms with E-state index in [2.05, 4.69) is 4.99 Å². The second-order valence-corrected chi connectivity index (χ2v) is 9.43. The van der Waals surface area contributed by atoms with Gasteiger partial charge in [-0.1, -0.05) is 29.5 Å². The molecule has 2 aliphatic rings. The van der Waals surface area contributed by atoms with Crippen molar-refractivity contribution in [2.45, 2.75) is 32.9 Å². The summed E-state index contributed by atoms with van der Waals surface area (Å²) in [6.45, 7) is 5.52. The summed E-state index contributed by atoms with van der Waals surface area (Å²) < 4.78 is 23.7. The van der Waals surface area contributed by atoms with Gasteiger partial charge in [0.05, 0.1) is 35.1 Å². The number of esters is 1. The smallest absolute Gasteiger partial charge is 0.338 e. The summed E-state index contributed by atoms with van der Waals surface area (Å²) in [6.07, 6.45) is 1.48. The van der Waals surface area contributed by atoms with E-state index in [0.29, 0.717) is 37.9 Å². The van der Waals surface area contributed by atoms with Crippen molar-refractivity contribution in [3.8, 4) is 17.2 Å². The Bertz CT molecular complexity index is 1510. The molecule has 180 valence electrons. The predicted molar refractivity (Wildman–Crippen MR) is 131 cm³/mol. The van der Waals surface area contributed by atoms with Crippen molar-refractivity contribution >= 4 is 23.4 Å². The maximum atomic E-state index is 13.7. The van der Waals surface area contributed by atoms with Crippen LogP contribution >= 0.6 is 11.3 Å². The van der Waals surface area contributed by atoms with Crippen molar-refractivity contribution in [1.82, 2.24) is 4.57 Å². The normalized spacial score (nSPS) is 16.8. The van der Waals surface area contributed by atoms with Crippen molar-refractivity contribution in [1.29, 1.82) is 0 Å². The Morgan fingerprint density at radius 1 is 1.17 bits per heavy atom. The van der Waals surface area contributed by atoms with Crippen LogP contribution in [0.3, 0.4) is 0 Å². The molecule has 2 aliphatic heterocycles. The van der Waals surface area contributed by atoms with Crippen molar-refractivity contribution in [2.75, 3.05) is 13.9 Å². The lowest BCUT2D eigenvalue weighted by Crippen LogP contribution is -2.40. The van der Waals surface area contributed by atoms with Crippen LogP contribution in [0.25, 0.3) is 6.08 Å². The zero-order valence-corrected chi connectivity index (χ0v) is 20.5. The van der Waals surface area contributed by atoms with Crippen LogP contribution in [-0.4, -0.2) is 30.5 Å². The van der Waals surface area contributed by atoms with Gasteiger partial charge in [0.25, 0.3) is 5.56 Å². The van der Waals surface area contributed by atoms with E-state index in [0.717, 1.165) is 11.1 Å². The van der Waals surface area contributed by atoms with E-state index in [-0.39, 0.29) is 18.5 Å². The van der Waals surface area contributed by atoms with Crippen LogP contribution in [0, 0.1) is 0 Å². The van der Waals surface area contributed by atoms with Gasteiger partial charge in [-0.2, -0.15) is 0 Å². The van der Waals surface area contributed by atoms with Gasteiger partial charge in [-0.05, 0) is 62.2 Å². The van der Waals surface area contributed by atoms with Crippen LogP contribution in [0.15, 0.2) is 63.5 Å². The Morgan fingerprint density at radius 3 is 2.63 bits per heavy atom. The number of rotatable bonds is 5. The Morgan fingerprint density at radius 2 is 1.91 bits per heavy atom. The minimum atomic E-state index is -0.678. The molecule has 0 fully saturated rings. The van der Waals surface area contributed by atoms with Crippen molar-refractivity contribution < 1.29 is 23.7 Å². The summed E-state index contributed by atoms with van der Waals surface area (Å²) >= 11 is 1.27. The molecule has 1 atom stereocenters. The molecule has 0 saturated heterocycles. The van der Waals surface area contributed by atoms with Crippen LogP contribution in [0.4, 0.5) is 0 Å². The maximum absolute atomic E-state index is 13.7. The summed E-state index contributed by atoms with van der Waals surface area (Å²) in [4.78, 5) is 32.0. The molecule has 3 aromatic rings. The lowest BCUT2D eigenvalue weighted by atomic mass is 9.96. The second kappa shape index (κ2) is 9.07. The van der Waals surface area contributed by atoms with Crippen LogP contribution in [0.2, 0.25) is 0 Å². The molecular weight excluding hydrogens is 468 g/mol. The molecule has 5 rings (SSSR count). The summed E-state index contributed by atoms with van der Waals surface area (Å²) in [6, 6.07) is 12.1. The third-order valence-electron chi connectivity index (χ3n) is 5.71. The Hall–Kier alpha value is -3.85.